The van der Waals surface area contributed by atoms with Crippen molar-refractivity contribution >= 4 is 5.78 Å². The molecule has 0 spiro atoms. The lowest BCUT2D eigenvalue weighted by Gasteiger charge is -2.19. The van der Waals surface area contributed by atoms with Gasteiger partial charge in [-0.1, -0.05) is 12.1 Å². The standard InChI is InChI=1S/C17H15FO3/c1-20-12-7-8-13(15(18)10-12)16(19)14-6-2-4-11-5-3-9-21-17(11)14/h2,4,6-8,10H,3,5,9H2,1H3. The first-order valence-corrected chi connectivity index (χ1v) is 6.83. The topological polar surface area (TPSA) is 35.5 Å². The molecule has 0 amide bonds. The zero-order valence-corrected chi connectivity index (χ0v) is 11.7. The fraction of sp³-hybridized carbons (Fsp3) is 0.235. The van der Waals surface area contributed by atoms with E-state index in [1.807, 2.05) is 12.1 Å². The summed E-state index contributed by atoms with van der Waals surface area (Å²) in [7, 11) is 1.46. The zero-order chi connectivity index (χ0) is 14.8. The van der Waals surface area contributed by atoms with Crippen molar-refractivity contribution in [1.82, 2.24) is 0 Å². The molecule has 0 fully saturated rings. The van der Waals surface area contributed by atoms with E-state index in [-0.39, 0.29) is 11.3 Å². The first-order valence-electron chi connectivity index (χ1n) is 6.83. The summed E-state index contributed by atoms with van der Waals surface area (Å²) in [5.41, 5.74) is 1.44. The lowest BCUT2D eigenvalue weighted by Crippen LogP contribution is -2.14. The normalized spacial score (nSPS) is 13.2. The molecule has 0 bridgehead atoms. The maximum atomic E-state index is 14.1. The Hall–Kier alpha value is -2.36. The first-order chi connectivity index (χ1) is 10.2. The van der Waals surface area contributed by atoms with Crippen LogP contribution in [0.5, 0.6) is 11.5 Å². The van der Waals surface area contributed by atoms with Gasteiger partial charge < -0.3 is 9.47 Å². The van der Waals surface area contributed by atoms with E-state index in [4.69, 9.17) is 9.47 Å². The molecule has 0 unspecified atom stereocenters. The molecule has 108 valence electrons. The number of carbonyl (C=O) groups is 1. The van der Waals surface area contributed by atoms with E-state index < -0.39 is 5.82 Å². The van der Waals surface area contributed by atoms with E-state index in [1.54, 1.807) is 12.1 Å². The molecular weight excluding hydrogens is 271 g/mol. The van der Waals surface area contributed by atoms with Gasteiger partial charge in [-0.25, -0.2) is 4.39 Å². The largest absolute Gasteiger partial charge is 0.497 e. The van der Waals surface area contributed by atoms with Crippen molar-refractivity contribution in [3.63, 3.8) is 0 Å². The average Bonchev–Trinajstić information content (AvgIpc) is 2.53. The Balaban J connectivity index is 2.03. The maximum absolute atomic E-state index is 14.1. The number of benzene rings is 2. The van der Waals surface area contributed by atoms with Gasteiger partial charge in [-0.05, 0) is 36.6 Å². The number of halogens is 1. The Morgan fingerprint density at radius 1 is 1.24 bits per heavy atom. The highest BCUT2D eigenvalue weighted by Crippen LogP contribution is 2.31. The van der Waals surface area contributed by atoms with E-state index in [9.17, 15) is 9.18 Å². The molecular formula is C17H15FO3. The molecule has 2 aromatic rings. The Kier molecular flexibility index (Phi) is 3.60. The van der Waals surface area contributed by atoms with Crippen molar-refractivity contribution in [2.24, 2.45) is 0 Å². The van der Waals surface area contributed by atoms with E-state index in [0.717, 1.165) is 18.4 Å². The number of methoxy groups -OCH3 is 1. The molecule has 3 nitrogen and oxygen atoms in total. The van der Waals surface area contributed by atoms with Gasteiger partial charge in [0.15, 0.2) is 5.78 Å². The minimum atomic E-state index is -0.590. The van der Waals surface area contributed by atoms with Crippen LogP contribution in [0.2, 0.25) is 0 Å². The number of para-hydroxylation sites is 1. The SMILES string of the molecule is COc1ccc(C(=O)c2cccc3c2OCCC3)c(F)c1. The van der Waals surface area contributed by atoms with Crippen molar-refractivity contribution in [2.75, 3.05) is 13.7 Å². The number of ether oxygens (including phenoxy) is 2. The maximum Gasteiger partial charge on any atom is 0.199 e. The third-order valence-corrected chi connectivity index (χ3v) is 3.60. The third kappa shape index (κ3) is 2.49. The summed E-state index contributed by atoms with van der Waals surface area (Å²) < 4.78 is 24.6. The van der Waals surface area contributed by atoms with Crippen LogP contribution >= 0.6 is 0 Å². The van der Waals surface area contributed by atoms with Gasteiger partial charge in [0.1, 0.15) is 17.3 Å². The number of rotatable bonds is 3. The van der Waals surface area contributed by atoms with Crippen LogP contribution in [0.4, 0.5) is 4.39 Å². The quantitative estimate of drug-likeness (QED) is 0.811. The van der Waals surface area contributed by atoms with Crippen LogP contribution in [-0.4, -0.2) is 19.5 Å². The van der Waals surface area contributed by atoms with Crippen molar-refractivity contribution < 1.29 is 18.7 Å². The van der Waals surface area contributed by atoms with Gasteiger partial charge in [0, 0.05) is 6.07 Å². The van der Waals surface area contributed by atoms with Gasteiger partial charge in [-0.2, -0.15) is 0 Å². The molecule has 0 radical (unpaired) electrons. The summed E-state index contributed by atoms with van der Waals surface area (Å²) >= 11 is 0. The lowest BCUT2D eigenvalue weighted by molar-refractivity contribution is 0.103. The number of carbonyl (C=O) groups excluding carboxylic acids is 1. The van der Waals surface area contributed by atoms with Crippen LogP contribution < -0.4 is 9.47 Å². The number of hydrogen-bond acceptors (Lipinski definition) is 3. The smallest absolute Gasteiger partial charge is 0.199 e. The second kappa shape index (κ2) is 5.56. The minimum Gasteiger partial charge on any atom is -0.497 e. The summed E-state index contributed by atoms with van der Waals surface area (Å²) in [4.78, 5) is 12.6. The van der Waals surface area contributed by atoms with Crippen LogP contribution in [0.25, 0.3) is 0 Å². The van der Waals surface area contributed by atoms with Crippen LogP contribution in [0.1, 0.15) is 27.9 Å². The highest BCUT2D eigenvalue weighted by Gasteiger charge is 2.22. The van der Waals surface area contributed by atoms with Crippen molar-refractivity contribution in [3.8, 4) is 11.5 Å². The number of ketones is 1. The summed E-state index contributed by atoms with van der Waals surface area (Å²) in [6, 6.07) is 9.66. The van der Waals surface area contributed by atoms with Gasteiger partial charge in [-0.15, -0.1) is 0 Å². The molecule has 1 aliphatic heterocycles. The van der Waals surface area contributed by atoms with Crippen LogP contribution in [-0.2, 0) is 6.42 Å². The summed E-state index contributed by atoms with van der Waals surface area (Å²) in [6.45, 7) is 0.586. The minimum absolute atomic E-state index is 0.0263. The van der Waals surface area contributed by atoms with E-state index >= 15 is 0 Å². The molecule has 0 aromatic heterocycles. The number of fused-ring (bicyclic) bond motifs is 1. The molecule has 0 saturated heterocycles. The predicted molar refractivity (Wildman–Crippen MR) is 76.6 cm³/mol. The summed E-state index contributed by atoms with van der Waals surface area (Å²) in [5, 5.41) is 0. The molecule has 21 heavy (non-hydrogen) atoms. The lowest BCUT2D eigenvalue weighted by atomic mass is 9.96. The van der Waals surface area contributed by atoms with Crippen LogP contribution in [0.15, 0.2) is 36.4 Å². The van der Waals surface area contributed by atoms with Gasteiger partial charge in [0.25, 0.3) is 0 Å². The van der Waals surface area contributed by atoms with Crippen LogP contribution in [0, 0.1) is 5.82 Å². The summed E-state index contributed by atoms with van der Waals surface area (Å²) in [6.07, 6.45) is 1.81. The monoisotopic (exact) mass is 286 g/mol. The Morgan fingerprint density at radius 3 is 2.86 bits per heavy atom. The van der Waals surface area contributed by atoms with E-state index in [1.165, 1.54) is 19.2 Å². The van der Waals surface area contributed by atoms with Gasteiger partial charge >= 0.3 is 0 Å². The molecule has 4 heteroatoms. The first kappa shape index (κ1) is 13.6. The molecule has 0 atom stereocenters. The van der Waals surface area contributed by atoms with Gasteiger partial charge in [0.2, 0.25) is 0 Å². The average molecular weight is 286 g/mol. The Labute approximate surface area is 122 Å². The zero-order valence-electron chi connectivity index (χ0n) is 11.7. The second-order valence-electron chi connectivity index (χ2n) is 4.92. The predicted octanol–water partition coefficient (Wildman–Crippen LogP) is 3.39. The molecule has 1 heterocycles. The Bertz CT molecular complexity index is 694. The molecule has 2 aromatic carbocycles. The van der Waals surface area contributed by atoms with Crippen molar-refractivity contribution in [3.05, 3.63) is 58.9 Å². The number of hydrogen-bond donors (Lipinski definition) is 0. The molecule has 3 rings (SSSR count). The van der Waals surface area contributed by atoms with Gasteiger partial charge in [0.05, 0.1) is 24.8 Å². The number of aryl methyl sites for hydroxylation is 1. The highest BCUT2D eigenvalue weighted by molar-refractivity contribution is 6.11. The van der Waals surface area contributed by atoms with E-state index in [2.05, 4.69) is 0 Å². The summed E-state index contributed by atoms with van der Waals surface area (Å²) in [5.74, 6) is 0.0148. The second-order valence-corrected chi connectivity index (χ2v) is 4.92. The fourth-order valence-corrected chi connectivity index (χ4v) is 2.52. The van der Waals surface area contributed by atoms with Crippen molar-refractivity contribution in [1.29, 1.82) is 0 Å². The molecule has 0 N–H and O–H groups in total. The Morgan fingerprint density at radius 2 is 2.10 bits per heavy atom. The van der Waals surface area contributed by atoms with E-state index in [0.29, 0.717) is 23.7 Å². The van der Waals surface area contributed by atoms with Crippen molar-refractivity contribution in [2.45, 2.75) is 12.8 Å². The molecule has 0 aliphatic carbocycles. The molecule has 1 aliphatic rings. The highest BCUT2D eigenvalue weighted by atomic mass is 19.1. The molecule has 0 saturated carbocycles. The van der Waals surface area contributed by atoms with Crippen LogP contribution in [0.3, 0.4) is 0 Å². The van der Waals surface area contributed by atoms with Gasteiger partial charge in [-0.3, -0.25) is 4.79 Å². The fourth-order valence-electron chi connectivity index (χ4n) is 2.52. The third-order valence-electron chi connectivity index (χ3n) is 3.60.